The maximum atomic E-state index is 11.7. The zero-order valence-electron chi connectivity index (χ0n) is 11.6. The first kappa shape index (κ1) is 17.4. The molecule has 0 saturated heterocycles. The Morgan fingerprint density at radius 1 is 1.28 bits per heavy atom. The summed E-state index contributed by atoms with van der Waals surface area (Å²) < 4.78 is 0. The van der Waals surface area contributed by atoms with Gasteiger partial charge in [-0.15, -0.1) is 0 Å². The van der Waals surface area contributed by atoms with Crippen LogP contribution in [0.1, 0.15) is 46.5 Å². The summed E-state index contributed by atoms with van der Waals surface area (Å²) in [6.45, 7) is 6.20. The van der Waals surface area contributed by atoms with Crippen LogP contribution in [0.25, 0.3) is 0 Å². The quantitative estimate of drug-likeness (QED) is 0.631. The van der Waals surface area contributed by atoms with Crippen LogP contribution in [0.2, 0.25) is 0 Å². The van der Waals surface area contributed by atoms with Crippen molar-refractivity contribution in [3.05, 3.63) is 0 Å². The third-order valence-electron chi connectivity index (χ3n) is 2.68. The molecule has 0 saturated carbocycles. The summed E-state index contributed by atoms with van der Waals surface area (Å²) in [5.41, 5.74) is 0. The van der Waals surface area contributed by atoms with Gasteiger partial charge in [-0.05, 0) is 12.8 Å². The molecule has 1 unspecified atom stereocenters. The molecule has 0 spiro atoms. The van der Waals surface area contributed by atoms with Crippen LogP contribution in [0.15, 0.2) is 0 Å². The molecule has 0 aliphatic rings. The predicted molar refractivity (Wildman–Crippen MR) is 75.5 cm³/mol. The summed E-state index contributed by atoms with van der Waals surface area (Å²) >= 11 is 1.19. The van der Waals surface area contributed by atoms with Gasteiger partial charge in [0.05, 0.1) is 12.0 Å². The fourth-order valence-electron chi connectivity index (χ4n) is 1.49. The Morgan fingerprint density at radius 3 is 2.50 bits per heavy atom. The molecule has 0 heterocycles. The molecule has 106 valence electrons. The van der Waals surface area contributed by atoms with Gasteiger partial charge >= 0.3 is 0 Å². The van der Waals surface area contributed by atoms with E-state index in [1.54, 1.807) is 6.92 Å². The second-order valence-corrected chi connectivity index (χ2v) is 5.51. The second kappa shape index (κ2) is 10.4. The summed E-state index contributed by atoms with van der Waals surface area (Å²) in [5, 5.41) is 12.5. The van der Waals surface area contributed by atoms with Gasteiger partial charge in [-0.1, -0.05) is 39.0 Å². The van der Waals surface area contributed by atoms with Crippen LogP contribution in [-0.4, -0.2) is 34.5 Å². The van der Waals surface area contributed by atoms with E-state index in [1.807, 2.05) is 13.8 Å². The first-order chi connectivity index (χ1) is 8.52. The Hall–Kier alpha value is -0.550. The third-order valence-corrected chi connectivity index (χ3v) is 3.74. The number of carbonyl (C=O) groups is 2. The Morgan fingerprint density at radius 2 is 1.94 bits per heavy atom. The van der Waals surface area contributed by atoms with Crippen molar-refractivity contribution in [3.63, 3.8) is 0 Å². The van der Waals surface area contributed by atoms with Crippen molar-refractivity contribution in [2.75, 3.05) is 12.3 Å². The van der Waals surface area contributed by atoms with Crippen LogP contribution >= 0.6 is 11.8 Å². The molecule has 1 amide bonds. The highest BCUT2D eigenvalue weighted by molar-refractivity contribution is 8.13. The van der Waals surface area contributed by atoms with Gasteiger partial charge in [0.15, 0.2) is 5.12 Å². The second-order valence-electron chi connectivity index (χ2n) is 4.41. The molecular formula is C13H25NO3S. The van der Waals surface area contributed by atoms with Gasteiger partial charge in [-0.25, -0.2) is 0 Å². The van der Waals surface area contributed by atoms with Gasteiger partial charge in [-0.3, -0.25) is 9.59 Å². The maximum Gasteiger partial charge on any atom is 0.220 e. The molecular weight excluding hydrogens is 250 g/mol. The zero-order valence-corrected chi connectivity index (χ0v) is 12.4. The highest BCUT2D eigenvalue weighted by Gasteiger charge is 2.21. The maximum absolute atomic E-state index is 11.7. The van der Waals surface area contributed by atoms with Crippen LogP contribution < -0.4 is 5.32 Å². The Labute approximate surface area is 114 Å². The van der Waals surface area contributed by atoms with Crippen LogP contribution in [0.4, 0.5) is 0 Å². The van der Waals surface area contributed by atoms with Gasteiger partial charge in [0.25, 0.3) is 0 Å². The fourth-order valence-corrected chi connectivity index (χ4v) is 2.32. The van der Waals surface area contributed by atoms with E-state index >= 15 is 0 Å². The lowest BCUT2D eigenvalue weighted by atomic mass is 10.0. The topological polar surface area (TPSA) is 66.4 Å². The largest absolute Gasteiger partial charge is 0.392 e. The highest BCUT2D eigenvalue weighted by atomic mass is 32.2. The first-order valence-electron chi connectivity index (χ1n) is 6.64. The highest BCUT2D eigenvalue weighted by Crippen LogP contribution is 2.17. The number of hydrogen-bond acceptors (Lipinski definition) is 4. The van der Waals surface area contributed by atoms with Crippen molar-refractivity contribution in [2.45, 2.75) is 52.6 Å². The molecule has 0 aliphatic heterocycles. The van der Waals surface area contributed by atoms with Crippen molar-refractivity contribution in [3.8, 4) is 0 Å². The summed E-state index contributed by atoms with van der Waals surface area (Å²) in [5.74, 6) is 0.267. The average molecular weight is 275 g/mol. The fraction of sp³-hybridized carbons (Fsp3) is 0.846. The SMILES string of the molecule is CCCC(=O)NCCSC(=O)[C@@H](C)C(O)CCC. The van der Waals surface area contributed by atoms with E-state index < -0.39 is 6.10 Å². The Kier molecular flexibility index (Phi) is 10.1. The molecule has 2 N–H and O–H groups in total. The Balaban J connectivity index is 3.73. The molecule has 5 heteroatoms. The first-order valence-corrected chi connectivity index (χ1v) is 7.62. The van der Waals surface area contributed by atoms with Gasteiger partial charge < -0.3 is 10.4 Å². The average Bonchev–Trinajstić information content (AvgIpc) is 2.34. The summed E-state index contributed by atoms with van der Waals surface area (Å²) in [6.07, 6.45) is 2.34. The lowest BCUT2D eigenvalue weighted by Crippen LogP contribution is -2.27. The minimum Gasteiger partial charge on any atom is -0.392 e. The van der Waals surface area contributed by atoms with Crippen molar-refractivity contribution in [1.82, 2.24) is 5.32 Å². The zero-order chi connectivity index (χ0) is 14.0. The van der Waals surface area contributed by atoms with E-state index in [0.717, 1.165) is 12.8 Å². The van der Waals surface area contributed by atoms with Gasteiger partial charge in [-0.2, -0.15) is 0 Å². The molecule has 0 aromatic heterocycles. The van der Waals surface area contributed by atoms with E-state index in [0.29, 0.717) is 25.1 Å². The smallest absolute Gasteiger partial charge is 0.220 e. The van der Waals surface area contributed by atoms with Crippen molar-refractivity contribution in [2.24, 2.45) is 5.92 Å². The minimum absolute atomic E-state index is 0.000639. The lowest BCUT2D eigenvalue weighted by molar-refractivity contribution is -0.121. The van der Waals surface area contributed by atoms with Crippen LogP contribution in [0, 0.1) is 5.92 Å². The molecule has 18 heavy (non-hydrogen) atoms. The molecule has 0 fully saturated rings. The van der Waals surface area contributed by atoms with Gasteiger partial charge in [0.2, 0.25) is 5.91 Å². The van der Waals surface area contributed by atoms with E-state index in [4.69, 9.17) is 0 Å². The van der Waals surface area contributed by atoms with E-state index in [9.17, 15) is 14.7 Å². The Bertz CT molecular complexity index is 259. The molecule has 0 aromatic carbocycles. The number of thioether (sulfide) groups is 1. The molecule has 0 bridgehead atoms. The van der Waals surface area contributed by atoms with Crippen LogP contribution in [0.5, 0.6) is 0 Å². The van der Waals surface area contributed by atoms with Crippen molar-refractivity contribution >= 4 is 22.8 Å². The monoisotopic (exact) mass is 275 g/mol. The molecule has 4 nitrogen and oxygen atoms in total. The van der Waals surface area contributed by atoms with Crippen molar-refractivity contribution < 1.29 is 14.7 Å². The number of carbonyl (C=O) groups excluding carboxylic acids is 2. The minimum atomic E-state index is -0.551. The van der Waals surface area contributed by atoms with E-state index in [-0.39, 0.29) is 16.9 Å². The molecule has 0 aliphatic carbocycles. The number of amides is 1. The normalized spacial score (nSPS) is 14.0. The van der Waals surface area contributed by atoms with Crippen molar-refractivity contribution in [1.29, 1.82) is 0 Å². The van der Waals surface area contributed by atoms with Crippen LogP contribution in [0.3, 0.4) is 0 Å². The number of rotatable bonds is 9. The number of hydrogen-bond donors (Lipinski definition) is 2. The summed E-state index contributed by atoms with van der Waals surface area (Å²) in [7, 11) is 0. The molecule has 2 atom stereocenters. The van der Waals surface area contributed by atoms with E-state index in [1.165, 1.54) is 11.8 Å². The lowest BCUT2D eigenvalue weighted by Gasteiger charge is -2.16. The molecule has 0 radical (unpaired) electrons. The van der Waals surface area contributed by atoms with Gasteiger partial charge in [0, 0.05) is 18.7 Å². The molecule has 0 aromatic rings. The number of nitrogens with one attached hydrogen (secondary N) is 1. The standard InChI is InChI=1S/C13H25NO3S/c1-4-6-11(15)10(3)13(17)18-9-8-14-12(16)7-5-2/h10-11,15H,4-9H2,1-3H3,(H,14,16)/t10-,11?/m0/s1. The predicted octanol–water partition coefficient (Wildman–Crippen LogP) is 1.96. The number of aliphatic hydroxyl groups is 1. The van der Waals surface area contributed by atoms with Crippen LogP contribution in [-0.2, 0) is 9.59 Å². The summed E-state index contributed by atoms with van der Waals surface area (Å²) in [6, 6.07) is 0. The van der Waals surface area contributed by atoms with E-state index in [2.05, 4.69) is 5.32 Å². The third kappa shape index (κ3) is 7.71. The summed E-state index contributed by atoms with van der Waals surface area (Å²) in [4.78, 5) is 22.9. The number of aliphatic hydroxyl groups excluding tert-OH is 1. The molecule has 0 rings (SSSR count). The van der Waals surface area contributed by atoms with Gasteiger partial charge in [0.1, 0.15) is 0 Å².